The van der Waals surface area contributed by atoms with Gasteiger partial charge in [0.1, 0.15) is 12.8 Å². The number of aromatic nitrogens is 1. The molecule has 2 rings (SSSR count). The van der Waals surface area contributed by atoms with Crippen LogP contribution in [0.4, 0.5) is 5.69 Å². The van der Waals surface area contributed by atoms with Crippen LogP contribution in [0.2, 0.25) is 0 Å². The second-order valence-corrected chi connectivity index (χ2v) is 5.51. The summed E-state index contributed by atoms with van der Waals surface area (Å²) in [5, 5.41) is 0.247. The van der Waals surface area contributed by atoms with Crippen molar-refractivity contribution in [3.05, 3.63) is 24.0 Å². The van der Waals surface area contributed by atoms with E-state index in [1.54, 1.807) is 0 Å². The Morgan fingerprint density at radius 2 is 2.06 bits per heavy atom. The van der Waals surface area contributed by atoms with Crippen LogP contribution in [0.3, 0.4) is 0 Å². The fourth-order valence-corrected chi connectivity index (χ4v) is 2.32. The van der Waals surface area contributed by atoms with Gasteiger partial charge in [-0.2, -0.15) is 12.6 Å². The van der Waals surface area contributed by atoms with Crippen molar-refractivity contribution >= 4 is 24.5 Å². The van der Waals surface area contributed by atoms with E-state index < -0.39 is 0 Å². The molecule has 2 nitrogen and oxygen atoms in total. The van der Waals surface area contributed by atoms with Gasteiger partial charge in [0, 0.05) is 30.4 Å². The summed E-state index contributed by atoms with van der Waals surface area (Å²) in [5.41, 5.74) is 2.41. The van der Waals surface area contributed by atoms with E-state index in [0.717, 1.165) is 6.54 Å². The van der Waals surface area contributed by atoms with Gasteiger partial charge >= 0.3 is 0 Å². The van der Waals surface area contributed by atoms with Crippen molar-refractivity contribution in [1.82, 2.24) is 4.98 Å². The number of pyridine rings is 1. The molecule has 0 N–H and O–H groups in total. The minimum atomic E-state index is 0.247. The van der Waals surface area contributed by atoms with Gasteiger partial charge in [-0.25, -0.2) is 4.58 Å². The smallest absolute Gasteiger partial charge is 0.223 e. The third-order valence-electron chi connectivity index (χ3n) is 3.26. The summed E-state index contributed by atoms with van der Waals surface area (Å²) < 4.78 is 2.35. The standard InChI is InChI=1S/C14H20N2S/c1-12(17)13-9-14(11-15-10-13)16-7-5-3-2-4-6-8-16/h7,9-12H,2-6,8H2,1H3/p+1. The van der Waals surface area contributed by atoms with Gasteiger partial charge in [-0.3, -0.25) is 4.98 Å². The molecule has 0 radical (unpaired) electrons. The fraction of sp³-hybridized carbons (Fsp3) is 0.571. The zero-order chi connectivity index (χ0) is 12.1. The third-order valence-corrected chi connectivity index (χ3v) is 3.56. The van der Waals surface area contributed by atoms with E-state index in [1.807, 2.05) is 12.4 Å². The average molecular weight is 249 g/mol. The molecule has 0 amide bonds. The summed E-state index contributed by atoms with van der Waals surface area (Å²) in [7, 11) is 0. The van der Waals surface area contributed by atoms with Crippen LogP contribution in [-0.2, 0) is 0 Å². The van der Waals surface area contributed by atoms with Crippen LogP contribution in [0.5, 0.6) is 0 Å². The van der Waals surface area contributed by atoms with E-state index in [1.165, 1.54) is 43.4 Å². The maximum absolute atomic E-state index is 4.47. The second-order valence-electron chi connectivity index (χ2n) is 4.73. The fourth-order valence-electron chi connectivity index (χ4n) is 2.18. The van der Waals surface area contributed by atoms with Gasteiger partial charge in [0.05, 0.1) is 6.20 Å². The van der Waals surface area contributed by atoms with Gasteiger partial charge in [0.15, 0.2) is 0 Å². The van der Waals surface area contributed by atoms with E-state index in [0.29, 0.717) is 0 Å². The van der Waals surface area contributed by atoms with Crippen molar-refractivity contribution in [2.75, 3.05) is 6.54 Å². The number of hydrogen-bond acceptors (Lipinski definition) is 2. The molecular weight excluding hydrogens is 228 g/mol. The van der Waals surface area contributed by atoms with Gasteiger partial charge in [-0.15, -0.1) is 0 Å². The van der Waals surface area contributed by atoms with E-state index in [4.69, 9.17) is 0 Å². The Morgan fingerprint density at radius 1 is 1.24 bits per heavy atom. The van der Waals surface area contributed by atoms with Crippen molar-refractivity contribution in [3.63, 3.8) is 0 Å². The van der Waals surface area contributed by atoms with Crippen LogP contribution in [0.25, 0.3) is 0 Å². The van der Waals surface area contributed by atoms with Crippen LogP contribution >= 0.6 is 12.6 Å². The number of nitrogens with zero attached hydrogens (tertiary/aromatic N) is 2. The first-order valence-electron chi connectivity index (χ1n) is 6.50. The zero-order valence-electron chi connectivity index (χ0n) is 10.5. The third kappa shape index (κ3) is 3.56. The van der Waals surface area contributed by atoms with Gasteiger partial charge in [0.2, 0.25) is 5.69 Å². The second kappa shape index (κ2) is 6.20. The molecule has 92 valence electrons. The molecular formula is C14H21N2S+. The molecule has 0 saturated heterocycles. The monoisotopic (exact) mass is 249 g/mol. The first kappa shape index (κ1) is 12.6. The van der Waals surface area contributed by atoms with Crippen molar-refractivity contribution < 1.29 is 4.58 Å². The molecule has 2 heterocycles. The Bertz CT molecular complexity index is 399. The first-order valence-corrected chi connectivity index (χ1v) is 7.02. The molecule has 1 atom stereocenters. The Kier molecular flexibility index (Phi) is 4.60. The summed E-state index contributed by atoms with van der Waals surface area (Å²) in [5.74, 6) is 0. The highest BCUT2D eigenvalue weighted by Gasteiger charge is 2.13. The molecule has 0 aliphatic carbocycles. The lowest BCUT2D eigenvalue weighted by Gasteiger charge is -2.08. The lowest BCUT2D eigenvalue weighted by Crippen LogP contribution is -2.12. The number of rotatable bonds is 2. The lowest BCUT2D eigenvalue weighted by molar-refractivity contribution is -0.438. The highest BCUT2D eigenvalue weighted by molar-refractivity contribution is 7.80. The molecule has 0 fully saturated rings. The molecule has 0 spiro atoms. The zero-order valence-corrected chi connectivity index (χ0v) is 11.4. The molecule has 0 saturated carbocycles. The Morgan fingerprint density at radius 3 is 2.88 bits per heavy atom. The van der Waals surface area contributed by atoms with Crippen molar-refractivity contribution in [3.8, 4) is 0 Å². The number of thiol groups is 1. The van der Waals surface area contributed by atoms with E-state index >= 15 is 0 Å². The Hall–Kier alpha value is -0.830. The predicted molar refractivity (Wildman–Crippen MR) is 75.6 cm³/mol. The maximum atomic E-state index is 4.47. The van der Waals surface area contributed by atoms with Gasteiger partial charge in [0.25, 0.3) is 0 Å². The maximum Gasteiger partial charge on any atom is 0.223 e. The number of hydrogen-bond donors (Lipinski definition) is 1. The summed E-state index contributed by atoms with van der Waals surface area (Å²) in [6.07, 6.45) is 12.7. The van der Waals surface area contributed by atoms with Crippen molar-refractivity contribution in [2.24, 2.45) is 0 Å². The topological polar surface area (TPSA) is 15.9 Å². The van der Waals surface area contributed by atoms with Crippen LogP contribution in [0.1, 0.15) is 49.8 Å². The van der Waals surface area contributed by atoms with Crippen LogP contribution in [0, 0.1) is 0 Å². The highest BCUT2D eigenvalue weighted by Crippen LogP contribution is 2.22. The van der Waals surface area contributed by atoms with E-state index in [2.05, 4.69) is 41.4 Å². The molecule has 1 aromatic heterocycles. The molecule has 17 heavy (non-hydrogen) atoms. The van der Waals surface area contributed by atoms with Crippen molar-refractivity contribution in [2.45, 2.75) is 44.3 Å². The molecule has 0 bridgehead atoms. The van der Waals surface area contributed by atoms with Crippen LogP contribution < -0.4 is 0 Å². The predicted octanol–water partition coefficient (Wildman–Crippen LogP) is 3.75. The summed E-state index contributed by atoms with van der Waals surface area (Å²) in [4.78, 5) is 4.32. The Labute approximate surface area is 109 Å². The minimum Gasteiger partial charge on any atom is -0.257 e. The average Bonchev–Trinajstić information content (AvgIpc) is 2.28. The van der Waals surface area contributed by atoms with E-state index in [-0.39, 0.29) is 5.25 Å². The molecule has 1 aromatic rings. The first-order chi connectivity index (χ1) is 8.27. The van der Waals surface area contributed by atoms with Gasteiger partial charge in [-0.1, -0.05) is 6.42 Å². The molecule has 1 aliphatic heterocycles. The summed E-state index contributed by atoms with van der Waals surface area (Å²) >= 11 is 4.47. The molecule has 3 heteroatoms. The van der Waals surface area contributed by atoms with Gasteiger partial charge in [-0.05, 0) is 25.3 Å². The SMILES string of the molecule is CC(S)c1cncc([N+]2=CCCCCCC2)c1. The normalized spacial score (nSPS) is 19.1. The highest BCUT2D eigenvalue weighted by atomic mass is 32.1. The van der Waals surface area contributed by atoms with Crippen LogP contribution in [-0.4, -0.2) is 22.3 Å². The van der Waals surface area contributed by atoms with Gasteiger partial charge < -0.3 is 0 Å². The molecule has 1 unspecified atom stereocenters. The molecule has 1 aliphatic rings. The lowest BCUT2D eigenvalue weighted by atomic mass is 10.1. The van der Waals surface area contributed by atoms with Crippen molar-refractivity contribution in [1.29, 1.82) is 0 Å². The van der Waals surface area contributed by atoms with E-state index in [9.17, 15) is 0 Å². The molecule has 0 aromatic carbocycles. The van der Waals surface area contributed by atoms with Crippen LogP contribution in [0.15, 0.2) is 18.5 Å². The quantitative estimate of drug-likeness (QED) is 0.623. The summed E-state index contributed by atoms with van der Waals surface area (Å²) in [6.45, 7) is 3.20. The minimum absolute atomic E-state index is 0.247. The largest absolute Gasteiger partial charge is 0.257 e. The summed E-state index contributed by atoms with van der Waals surface area (Å²) in [6, 6.07) is 2.21. The Balaban J connectivity index is 2.22.